The number of carbonyl (C=O) groups is 1. The van der Waals surface area contributed by atoms with Crippen molar-refractivity contribution in [3.8, 4) is 0 Å². The lowest BCUT2D eigenvalue weighted by Crippen LogP contribution is -2.32. The summed E-state index contributed by atoms with van der Waals surface area (Å²) in [5.41, 5.74) is 1.11. The number of nitrogens with one attached hydrogen (secondary N) is 1. The Labute approximate surface area is 98.3 Å². The predicted molar refractivity (Wildman–Crippen MR) is 63.0 cm³/mol. The number of H-pyrrole nitrogens is 1. The standard InChI is InChI=1S/C10H11N3O3S/c1-13(17(2,15)16)10(14)7-3-4-9-8(5-7)6-11-12-9/h3-6H,1-2H3,(H,11,12). The fraction of sp³-hybridized carbons (Fsp3) is 0.200. The summed E-state index contributed by atoms with van der Waals surface area (Å²) in [6.07, 6.45) is 2.56. The van der Waals surface area contributed by atoms with Crippen LogP contribution < -0.4 is 0 Å². The van der Waals surface area contributed by atoms with Gasteiger partial charge in [0.2, 0.25) is 10.0 Å². The number of rotatable bonds is 2. The average molecular weight is 253 g/mol. The SMILES string of the molecule is CN(C(=O)c1ccc2[nH]ncc2c1)S(C)(=O)=O. The van der Waals surface area contributed by atoms with Crippen molar-refractivity contribution in [1.29, 1.82) is 0 Å². The maximum atomic E-state index is 11.9. The largest absolute Gasteiger partial charge is 0.278 e. The molecule has 0 bridgehead atoms. The van der Waals surface area contributed by atoms with Gasteiger partial charge in [0.05, 0.1) is 18.0 Å². The van der Waals surface area contributed by atoms with Crippen LogP contribution in [0.5, 0.6) is 0 Å². The Morgan fingerprint density at radius 2 is 2.12 bits per heavy atom. The Morgan fingerprint density at radius 1 is 1.41 bits per heavy atom. The third-order valence-corrected chi connectivity index (χ3v) is 3.63. The molecule has 1 aromatic heterocycles. The van der Waals surface area contributed by atoms with Crippen molar-refractivity contribution in [2.24, 2.45) is 0 Å². The summed E-state index contributed by atoms with van der Waals surface area (Å²) in [4.78, 5) is 11.9. The first-order valence-corrected chi connectivity index (χ1v) is 6.66. The van der Waals surface area contributed by atoms with Crippen molar-refractivity contribution in [3.63, 3.8) is 0 Å². The van der Waals surface area contributed by atoms with E-state index >= 15 is 0 Å². The summed E-state index contributed by atoms with van der Waals surface area (Å²) in [5, 5.41) is 7.34. The molecule has 1 amide bonds. The van der Waals surface area contributed by atoms with E-state index in [0.717, 1.165) is 17.2 Å². The molecule has 0 aliphatic heterocycles. The first kappa shape index (κ1) is 11.6. The van der Waals surface area contributed by atoms with Crippen LogP contribution >= 0.6 is 0 Å². The molecule has 0 aliphatic carbocycles. The van der Waals surface area contributed by atoms with Crippen molar-refractivity contribution >= 4 is 26.8 Å². The number of nitrogens with zero attached hydrogens (tertiary/aromatic N) is 2. The molecule has 1 heterocycles. The maximum absolute atomic E-state index is 11.9. The number of hydrogen-bond donors (Lipinski definition) is 1. The van der Waals surface area contributed by atoms with Gasteiger partial charge < -0.3 is 0 Å². The van der Waals surface area contributed by atoms with Gasteiger partial charge in [-0.25, -0.2) is 12.7 Å². The molecule has 0 atom stereocenters. The van der Waals surface area contributed by atoms with Crippen molar-refractivity contribution in [3.05, 3.63) is 30.0 Å². The fourth-order valence-corrected chi connectivity index (χ4v) is 1.81. The Balaban J connectivity index is 2.43. The highest BCUT2D eigenvalue weighted by atomic mass is 32.2. The molecule has 1 aromatic carbocycles. The van der Waals surface area contributed by atoms with E-state index in [1.807, 2.05) is 0 Å². The molecule has 0 fully saturated rings. The van der Waals surface area contributed by atoms with Crippen LogP contribution in [-0.4, -0.2) is 42.1 Å². The predicted octanol–water partition coefficient (Wildman–Crippen LogP) is 0.595. The van der Waals surface area contributed by atoms with E-state index in [0.29, 0.717) is 9.87 Å². The first-order valence-electron chi connectivity index (χ1n) is 4.81. The molecule has 0 saturated heterocycles. The zero-order valence-corrected chi connectivity index (χ0v) is 10.2. The molecular formula is C10H11N3O3S. The molecule has 90 valence electrons. The number of aromatic nitrogens is 2. The molecule has 0 unspecified atom stereocenters. The molecule has 2 rings (SSSR count). The molecule has 0 saturated carbocycles. The minimum Gasteiger partial charge on any atom is -0.278 e. The summed E-state index contributed by atoms with van der Waals surface area (Å²) >= 11 is 0. The molecular weight excluding hydrogens is 242 g/mol. The minimum atomic E-state index is -3.53. The van der Waals surface area contributed by atoms with Gasteiger partial charge in [0.1, 0.15) is 0 Å². The Bertz CT molecular complexity index is 675. The third kappa shape index (κ3) is 2.14. The van der Waals surface area contributed by atoms with Crippen LogP contribution in [0.3, 0.4) is 0 Å². The number of hydrogen-bond acceptors (Lipinski definition) is 4. The van der Waals surface area contributed by atoms with Gasteiger partial charge in [-0.3, -0.25) is 9.89 Å². The summed E-state index contributed by atoms with van der Waals surface area (Å²) in [6.45, 7) is 0. The van der Waals surface area contributed by atoms with E-state index in [1.54, 1.807) is 24.4 Å². The Hall–Kier alpha value is -1.89. The Kier molecular flexibility index (Phi) is 2.62. The smallest absolute Gasteiger partial charge is 0.267 e. The van der Waals surface area contributed by atoms with Crippen LogP contribution in [0.4, 0.5) is 0 Å². The van der Waals surface area contributed by atoms with Crippen LogP contribution in [0.2, 0.25) is 0 Å². The molecule has 0 aliphatic rings. The molecule has 6 nitrogen and oxygen atoms in total. The summed E-state index contributed by atoms with van der Waals surface area (Å²) < 4.78 is 23.2. The zero-order valence-electron chi connectivity index (χ0n) is 9.34. The zero-order chi connectivity index (χ0) is 12.6. The lowest BCUT2D eigenvalue weighted by atomic mass is 10.1. The lowest BCUT2D eigenvalue weighted by Gasteiger charge is -2.14. The Morgan fingerprint density at radius 3 is 2.76 bits per heavy atom. The average Bonchev–Trinajstić information content (AvgIpc) is 2.72. The number of benzene rings is 1. The molecule has 1 N–H and O–H groups in total. The minimum absolute atomic E-state index is 0.312. The molecule has 0 spiro atoms. The van der Waals surface area contributed by atoms with Crippen LogP contribution in [0.15, 0.2) is 24.4 Å². The van der Waals surface area contributed by atoms with Crippen molar-refractivity contribution in [2.45, 2.75) is 0 Å². The third-order valence-electron chi connectivity index (χ3n) is 2.47. The highest BCUT2D eigenvalue weighted by molar-refractivity contribution is 7.88. The second kappa shape index (κ2) is 3.85. The number of fused-ring (bicyclic) bond motifs is 1. The monoisotopic (exact) mass is 253 g/mol. The van der Waals surface area contributed by atoms with Gasteiger partial charge in [-0.05, 0) is 18.2 Å². The fourth-order valence-electron chi connectivity index (χ4n) is 1.41. The highest BCUT2D eigenvalue weighted by Crippen LogP contribution is 2.14. The summed E-state index contributed by atoms with van der Waals surface area (Å²) in [6, 6.07) is 4.85. The van der Waals surface area contributed by atoms with Crippen LogP contribution in [0.1, 0.15) is 10.4 Å². The van der Waals surface area contributed by atoms with E-state index in [9.17, 15) is 13.2 Å². The second-order valence-electron chi connectivity index (χ2n) is 3.71. The molecule has 7 heteroatoms. The van der Waals surface area contributed by atoms with Crippen LogP contribution in [0, 0.1) is 0 Å². The van der Waals surface area contributed by atoms with E-state index in [2.05, 4.69) is 10.2 Å². The van der Waals surface area contributed by atoms with E-state index in [-0.39, 0.29) is 0 Å². The van der Waals surface area contributed by atoms with Crippen molar-refractivity contribution in [2.75, 3.05) is 13.3 Å². The van der Waals surface area contributed by atoms with E-state index in [4.69, 9.17) is 0 Å². The van der Waals surface area contributed by atoms with Gasteiger partial charge in [-0.1, -0.05) is 0 Å². The maximum Gasteiger partial charge on any atom is 0.267 e. The number of amides is 1. The number of sulfonamides is 1. The summed E-state index contributed by atoms with van der Waals surface area (Å²) in [7, 11) is -2.30. The van der Waals surface area contributed by atoms with Crippen molar-refractivity contribution in [1.82, 2.24) is 14.5 Å². The van der Waals surface area contributed by atoms with Gasteiger partial charge in [0.25, 0.3) is 5.91 Å². The molecule has 2 aromatic rings. The molecule has 17 heavy (non-hydrogen) atoms. The van der Waals surface area contributed by atoms with Crippen molar-refractivity contribution < 1.29 is 13.2 Å². The van der Waals surface area contributed by atoms with E-state index < -0.39 is 15.9 Å². The molecule has 0 radical (unpaired) electrons. The van der Waals surface area contributed by atoms with Crippen LogP contribution in [0.25, 0.3) is 10.9 Å². The summed E-state index contributed by atoms with van der Waals surface area (Å²) in [5.74, 6) is -0.560. The first-order chi connectivity index (χ1) is 7.89. The quantitative estimate of drug-likeness (QED) is 0.849. The van der Waals surface area contributed by atoms with E-state index in [1.165, 1.54) is 7.05 Å². The van der Waals surface area contributed by atoms with Gasteiger partial charge in [-0.15, -0.1) is 0 Å². The second-order valence-corrected chi connectivity index (χ2v) is 5.72. The number of carbonyl (C=O) groups excluding carboxylic acids is 1. The van der Waals surface area contributed by atoms with Gasteiger partial charge in [-0.2, -0.15) is 5.10 Å². The number of aromatic amines is 1. The highest BCUT2D eigenvalue weighted by Gasteiger charge is 2.20. The van der Waals surface area contributed by atoms with Crippen LogP contribution in [-0.2, 0) is 10.0 Å². The van der Waals surface area contributed by atoms with Gasteiger partial charge in [0.15, 0.2) is 0 Å². The topological polar surface area (TPSA) is 83.1 Å². The van der Waals surface area contributed by atoms with Gasteiger partial charge >= 0.3 is 0 Å². The normalized spacial score (nSPS) is 11.6. The van der Waals surface area contributed by atoms with Gasteiger partial charge in [0, 0.05) is 18.0 Å². The lowest BCUT2D eigenvalue weighted by molar-refractivity contribution is 0.0884.